The predicted octanol–water partition coefficient (Wildman–Crippen LogP) is 16.8. The fourth-order valence-corrected chi connectivity index (χ4v) is 14.3. The fourth-order valence-electron chi connectivity index (χ4n) is 11.5. The summed E-state index contributed by atoms with van der Waals surface area (Å²) in [4.78, 5) is 7.51. The lowest BCUT2D eigenvalue weighted by Gasteiger charge is -2.44. The Morgan fingerprint density at radius 2 is 0.887 bits per heavy atom. The fraction of sp³-hybridized carbons (Fsp3) is 0. The van der Waals surface area contributed by atoms with E-state index in [0.717, 1.165) is 73.6 Å². The van der Waals surface area contributed by atoms with Gasteiger partial charge in [-0.25, -0.2) is 0 Å². The summed E-state index contributed by atoms with van der Waals surface area (Å²) in [6, 6.07) is 88.2. The molecule has 0 fully saturated rings. The lowest BCUT2D eigenvalue weighted by molar-refractivity contribution is 0.485. The van der Waals surface area contributed by atoms with Crippen molar-refractivity contribution in [1.29, 1.82) is 0 Å². The average molecular weight is 942 g/mol. The molecule has 15 rings (SSSR count). The first-order chi connectivity index (χ1) is 35.3. The van der Waals surface area contributed by atoms with Crippen molar-refractivity contribution < 1.29 is 4.74 Å². The predicted molar refractivity (Wildman–Crippen MR) is 302 cm³/mol. The van der Waals surface area contributed by atoms with Gasteiger partial charge in [0, 0.05) is 59.9 Å². The van der Waals surface area contributed by atoms with E-state index in [9.17, 15) is 0 Å². The van der Waals surface area contributed by atoms with Crippen LogP contribution in [0.1, 0.15) is 0 Å². The Labute approximate surface area is 420 Å². The van der Waals surface area contributed by atoms with Crippen LogP contribution in [-0.2, 0) is 0 Å². The second kappa shape index (κ2) is 16.0. The van der Waals surface area contributed by atoms with Crippen molar-refractivity contribution in [1.82, 2.24) is 0 Å². The molecule has 0 unspecified atom stereocenters. The number of benzene rings is 10. The Morgan fingerprint density at radius 1 is 0.352 bits per heavy atom. The summed E-state index contributed by atoms with van der Waals surface area (Å²) in [5.41, 5.74) is 19.3. The zero-order valence-corrected chi connectivity index (χ0v) is 39.9. The number of rotatable bonds is 5. The molecular formula is C64H40BN3OS2. The molecule has 10 aromatic carbocycles. The normalized spacial score (nSPS) is 13.1. The van der Waals surface area contributed by atoms with E-state index in [1.165, 1.54) is 57.7 Å². The lowest BCUT2D eigenvalue weighted by Crippen LogP contribution is -2.61. The molecule has 332 valence electrons. The van der Waals surface area contributed by atoms with Gasteiger partial charge < -0.3 is 19.4 Å². The van der Waals surface area contributed by atoms with Crippen LogP contribution in [-0.4, -0.2) is 6.71 Å². The van der Waals surface area contributed by atoms with Crippen molar-refractivity contribution in [3.63, 3.8) is 0 Å². The van der Waals surface area contributed by atoms with Crippen LogP contribution < -0.4 is 35.8 Å². The molecule has 0 saturated carbocycles. The van der Waals surface area contributed by atoms with Gasteiger partial charge in [0.05, 0.1) is 26.8 Å². The van der Waals surface area contributed by atoms with Gasteiger partial charge >= 0.3 is 0 Å². The number of hydrogen-bond acceptors (Lipinski definition) is 6. The van der Waals surface area contributed by atoms with E-state index in [1.807, 2.05) is 22.7 Å². The summed E-state index contributed by atoms with van der Waals surface area (Å²) in [7, 11) is 0. The van der Waals surface area contributed by atoms with E-state index in [2.05, 4.69) is 257 Å². The summed E-state index contributed by atoms with van der Waals surface area (Å²) in [6.45, 7) is -0.0769. The van der Waals surface area contributed by atoms with Crippen LogP contribution in [0.25, 0.3) is 52.9 Å². The van der Waals surface area contributed by atoms with Crippen LogP contribution in [0.15, 0.2) is 243 Å². The van der Waals surface area contributed by atoms with Crippen LogP contribution in [0.5, 0.6) is 11.5 Å². The van der Waals surface area contributed by atoms with Gasteiger partial charge in [0.2, 0.25) is 0 Å². The largest absolute Gasteiger partial charge is 0.453 e. The van der Waals surface area contributed by atoms with Gasteiger partial charge in [0.25, 0.3) is 6.71 Å². The second-order valence-electron chi connectivity index (χ2n) is 18.3. The molecule has 2 bridgehead atoms. The zero-order valence-electron chi connectivity index (χ0n) is 38.2. The molecule has 3 aliphatic heterocycles. The van der Waals surface area contributed by atoms with Gasteiger partial charge in [0.1, 0.15) is 0 Å². The molecule has 0 spiro atoms. The molecule has 7 heteroatoms. The standard InChI is InChI=1S/C64H40BN3OS2/c1-5-20-41(21-6-1)46-28-13-15-32-51(46)68-53-34-19-33-52-58(53)65(59-63-62(71-64(59)68)49-29-14-16-37-57(49)70-63)50-39-38-45-40-54(50)67(52)61-48(43-24-9-3-10-25-43)31-18-36-56(61)69-55-35-17-30-47(42-22-7-2-8-23-42)60(55)66(45)44-26-11-4-12-27-44/h1-40H. The minimum Gasteiger partial charge on any atom is -0.453 e. The maximum Gasteiger partial charge on any atom is 0.255 e. The van der Waals surface area contributed by atoms with Crippen LogP contribution in [0.4, 0.5) is 50.5 Å². The van der Waals surface area contributed by atoms with E-state index in [0.29, 0.717) is 0 Å². The molecule has 71 heavy (non-hydrogen) atoms. The van der Waals surface area contributed by atoms with Crippen LogP contribution in [0, 0.1) is 0 Å². The maximum atomic E-state index is 7.59. The minimum atomic E-state index is -0.0769. The van der Waals surface area contributed by atoms with E-state index < -0.39 is 0 Å². The van der Waals surface area contributed by atoms with E-state index in [-0.39, 0.29) is 6.71 Å². The number of fused-ring (bicyclic) bond motifs is 12. The monoisotopic (exact) mass is 941 g/mol. The van der Waals surface area contributed by atoms with Crippen molar-refractivity contribution in [2.24, 2.45) is 0 Å². The van der Waals surface area contributed by atoms with Crippen molar-refractivity contribution in [2.45, 2.75) is 0 Å². The third-order valence-corrected chi connectivity index (χ3v) is 17.0. The van der Waals surface area contributed by atoms with Gasteiger partial charge in [-0.3, -0.25) is 0 Å². The molecular weight excluding hydrogens is 902 g/mol. The Bertz CT molecular complexity index is 4060. The van der Waals surface area contributed by atoms with Gasteiger partial charge in [-0.2, -0.15) is 0 Å². The highest BCUT2D eigenvalue weighted by atomic mass is 32.1. The molecule has 2 aromatic heterocycles. The lowest BCUT2D eigenvalue weighted by atomic mass is 9.34. The quantitative estimate of drug-likeness (QED) is 0.160. The summed E-state index contributed by atoms with van der Waals surface area (Å²) >= 11 is 3.86. The highest BCUT2D eigenvalue weighted by Crippen LogP contribution is 2.57. The average Bonchev–Trinajstić information content (AvgIpc) is 3.99. The number of para-hydroxylation sites is 4. The molecule has 0 N–H and O–H groups in total. The van der Waals surface area contributed by atoms with Gasteiger partial charge in [0.15, 0.2) is 11.5 Å². The number of hydrogen-bond donors (Lipinski definition) is 0. The maximum absolute atomic E-state index is 7.59. The first kappa shape index (κ1) is 40.3. The van der Waals surface area contributed by atoms with Crippen molar-refractivity contribution >= 4 is 116 Å². The molecule has 0 radical (unpaired) electrons. The zero-order chi connectivity index (χ0) is 46.6. The van der Waals surface area contributed by atoms with Gasteiger partial charge in [-0.15, -0.1) is 22.7 Å². The molecule has 3 aliphatic rings. The van der Waals surface area contributed by atoms with E-state index in [4.69, 9.17) is 4.74 Å². The topological polar surface area (TPSA) is 19.0 Å². The molecule has 5 heterocycles. The third-order valence-electron chi connectivity index (χ3n) is 14.4. The summed E-state index contributed by atoms with van der Waals surface area (Å²) in [5.74, 6) is 1.53. The Morgan fingerprint density at radius 3 is 1.58 bits per heavy atom. The number of nitrogens with zero attached hydrogens (tertiary/aromatic N) is 3. The molecule has 12 aromatic rings. The molecule has 0 amide bonds. The third kappa shape index (κ3) is 6.10. The van der Waals surface area contributed by atoms with Crippen LogP contribution >= 0.6 is 22.7 Å². The summed E-state index contributed by atoms with van der Waals surface area (Å²) in [5, 5.41) is 2.58. The van der Waals surface area contributed by atoms with Gasteiger partial charge in [-0.05, 0) is 93.7 Å². The van der Waals surface area contributed by atoms with Crippen LogP contribution in [0.3, 0.4) is 0 Å². The number of ether oxygens (including phenoxy) is 1. The van der Waals surface area contributed by atoms with Crippen molar-refractivity contribution in [2.75, 3.05) is 14.7 Å². The molecule has 0 saturated heterocycles. The van der Waals surface area contributed by atoms with Crippen LogP contribution in [0.2, 0.25) is 0 Å². The van der Waals surface area contributed by atoms with E-state index >= 15 is 0 Å². The molecule has 0 atom stereocenters. The first-order valence-corrected chi connectivity index (χ1v) is 25.8. The Kier molecular flexibility index (Phi) is 9.06. The summed E-state index contributed by atoms with van der Waals surface area (Å²) in [6.07, 6.45) is 0. The Hall–Kier alpha value is -8.62. The first-order valence-electron chi connectivity index (χ1n) is 24.1. The second-order valence-corrected chi connectivity index (χ2v) is 20.4. The molecule has 4 nitrogen and oxygen atoms in total. The number of thiophene rings is 2. The van der Waals surface area contributed by atoms with Crippen molar-refractivity contribution in [3.8, 4) is 44.9 Å². The number of anilines is 9. The highest BCUT2D eigenvalue weighted by Gasteiger charge is 2.47. The molecule has 0 aliphatic carbocycles. The van der Waals surface area contributed by atoms with E-state index in [1.54, 1.807) is 0 Å². The summed E-state index contributed by atoms with van der Waals surface area (Å²) < 4.78 is 11.6. The Balaban J connectivity index is 1.08. The van der Waals surface area contributed by atoms with Crippen molar-refractivity contribution in [3.05, 3.63) is 243 Å². The SMILES string of the molecule is c1ccc(-c2ccccc2N2c3cccc4c3B(c3ccc5cc3N4c3c(cccc3-c3ccccc3)Oc3cccc(-c4ccccc4)c3N5c3ccccc3)c3c2sc2c3sc3ccccc32)cc1. The highest BCUT2D eigenvalue weighted by molar-refractivity contribution is 7.37. The van der Waals surface area contributed by atoms with Gasteiger partial charge in [-0.1, -0.05) is 182 Å². The minimum absolute atomic E-state index is 0.0769. The smallest absolute Gasteiger partial charge is 0.255 e.